The van der Waals surface area contributed by atoms with Gasteiger partial charge in [0.25, 0.3) is 5.91 Å². The third kappa shape index (κ3) is 8.12. The van der Waals surface area contributed by atoms with E-state index in [1.165, 1.54) is 13.0 Å². The topological polar surface area (TPSA) is 95.9 Å². The van der Waals surface area contributed by atoms with E-state index >= 15 is 4.39 Å². The zero-order valence-corrected chi connectivity index (χ0v) is 28.7. The van der Waals surface area contributed by atoms with Gasteiger partial charge in [-0.1, -0.05) is 26.7 Å². The lowest BCUT2D eigenvalue weighted by Gasteiger charge is -2.36. The van der Waals surface area contributed by atoms with Crippen LogP contribution in [0.1, 0.15) is 65.4 Å². The number of halogens is 1. The van der Waals surface area contributed by atoms with Crippen molar-refractivity contribution in [2.45, 2.75) is 95.5 Å². The second-order valence-electron chi connectivity index (χ2n) is 13.7. The molecule has 1 aromatic heterocycles. The Balaban J connectivity index is 1.37. The summed E-state index contributed by atoms with van der Waals surface area (Å²) in [7, 11) is -5.61. The number of sulfone groups is 1. The third-order valence-corrected chi connectivity index (χ3v) is 15.8. The lowest BCUT2D eigenvalue weighted by molar-refractivity contribution is -0.201. The van der Waals surface area contributed by atoms with Gasteiger partial charge in [-0.05, 0) is 92.6 Å². The van der Waals surface area contributed by atoms with E-state index in [2.05, 4.69) is 63.0 Å². The summed E-state index contributed by atoms with van der Waals surface area (Å²) in [6.45, 7) is 14.0. The Hall–Kier alpha value is -2.67. The molecule has 240 valence electrons. The van der Waals surface area contributed by atoms with Gasteiger partial charge in [-0.3, -0.25) is 4.79 Å². The van der Waals surface area contributed by atoms with E-state index < -0.39 is 40.9 Å². The number of hydrogen-bond donors (Lipinski definition) is 1. The van der Waals surface area contributed by atoms with Crippen LogP contribution in [0.25, 0.3) is 10.9 Å². The van der Waals surface area contributed by atoms with Crippen LogP contribution in [0.15, 0.2) is 24.4 Å². The molecule has 4 atom stereocenters. The Morgan fingerprint density at radius 1 is 1.20 bits per heavy atom. The number of carbonyl (C=O) groups excluding carboxylic acids is 1. The molecule has 2 aromatic rings. The van der Waals surface area contributed by atoms with Gasteiger partial charge in [-0.25, -0.2) is 23.1 Å². The number of ether oxygens (including phenoxy) is 1. The normalized spacial score (nSPS) is 21.9. The lowest BCUT2D eigenvalue weighted by atomic mass is 10.1. The number of nitrogens with one attached hydrogen (secondary N) is 1. The van der Waals surface area contributed by atoms with Crippen molar-refractivity contribution < 1.29 is 31.6 Å². The molecule has 1 aliphatic carbocycles. The van der Waals surface area contributed by atoms with Gasteiger partial charge in [0.1, 0.15) is 5.82 Å². The first-order chi connectivity index (χ1) is 20.5. The van der Waals surface area contributed by atoms with Crippen LogP contribution in [0.5, 0.6) is 0 Å². The minimum atomic E-state index is -3.83. The fourth-order valence-corrected chi connectivity index (χ4v) is 6.61. The maximum atomic E-state index is 15.0. The maximum Gasteiger partial charge on any atom is 0.264 e. The molecule has 2 aliphatic rings. The highest BCUT2D eigenvalue weighted by molar-refractivity contribution is 7.92. The average Bonchev–Trinajstić information content (AvgIpc) is 3.60. The van der Waals surface area contributed by atoms with E-state index in [-0.39, 0.29) is 29.5 Å². The van der Waals surface area contributed by atoms with Gasteiger partial charge in [0.2, 0.25) is 0 Å². The third-order valence-electron chi connectivity index (χ3n) is 9.31. The molecule has 1 aliphatic heterocycles. The number of hydrogen-bond acceptors (Lipinski definition) is 6. The summed E-state index contributed by atoms with van der Waals surface area (Å²) >= 11 is 0. The van der Waals surface area contributed by atoms with Gasteiger partial charge >= 0.3 is 0 Å². The predicted octanol–water partition coefficient (Wildman–Crippen LogP) is 5.56. The standard InChI is InChI=1S/C33H45FN2O6SSi/c1-32(2,3)44(6,7)41-23-27-20-24(27)12-8-9-13-25-21-26-15-17-36(29(26)22-28(25)34)18-16-33(4,43(5,38)39)31(37)35-42-30-14-10-11-19-40-30/h15,17,21-22,24,27,30H,10-11,14,16,18-20,23H2,1-7H3,(H,35,37)/t24-,27+,30?,33-/m1/s1. The van der Waals surface area contributed by atoms with E-state index in [0.717, 1.165) is 37.5 Å². The number of hydroxylamine groups is 1. The molecular weight excluding hydrogens is 600 g/mol. The molecule has 1 amide bonds. The van der Waals surface area contributed by atoms with E-state index in [1.54, 1.807) is 16.8 Å². The van der Waals surface area contributed by atoms with Crippen LogP contribution in [0.2, 0.25) is 18.1 Å². The smallest absolute Gasteiger partial charge is 0.264 e. The Labute approximate surface area is 262 Å². The van der Waals surface area contributed by atoms with Crippen molar-refractivity contribution in [2.24, 2.45) is 11.8 Å². The highest BCUT2D eigenvalue weighted by atomic mass is 32.2. The summed E-state index contributed by atoms with van der Waals surface area (Å²) in [5, 5.41) is 0.921. The Morgan fingerprint density at radius 2 is 1.95 bits per heavy atom. The largest absolute Gasteiger partial charge is 0.417 e. The van der Waals surface area contributed by atoms with Gasteiger partial charge in [0.05, 0.1) is 11.1 Å². The number of carbonyl (C=O) groups is 1. The van der Waals surface area contributed by atoms with Crippen LogP contribution in [0.3, 0.4) is 0 Å². The molecule has 0 radical (unpaired) electrons. The fraction of sp³-hybridized carbons (Fsp3) is 0.606. The molecule has 2 heterocycles. The SMILES string of the molecule is CC(C)(C)[Si](C)(C)OC[C@@H]1C[C@H]1C#CC#Cc1cc2ccn(CC[C@](C)(C(=O)NOC3CCCCO3)S(C)(=O)=O)c2cc1F. The monoisotopic (exact) mass is 644 g/mol. The first-order valence-electron chi connectivity index (χ1n) is 15.2. The number of benzene rings is 1. The molecule has 2 fully saturated rings. The summed E-state index contributed by atoms with van der Waals surface area (Å²) in [6.07, 6.45) is 5.55. The average molecular weight is 645 g/mol. The number of aromatic nitrogens is 1. The minimum absolute atomic E-state index is 0.0435. The van der Waals surface area contributed by atoms with E-state index in [1.807, 2.05) is 6.07 Å². The van der Waals surface area contributed by atoms with Crippen molar-refractivity contribution >= 4 is 35.0 Å². The van der Waals surface area contributed by atoms with Crippen LogP contribution < -0.4 is 5.48 Å². The first-order valence-corrected chi connectivity index (χ1v) is 20.0. The molecule has 1 saturated carbocycles. The van der Waals surface area contributed by atoms with Gasteiger partial charge in [-0.15, -0.1) is 0 Å². The van der Waals surface area contributed by atoms with Crippen LogP contribution in [-0.4, -0.2) is 57.7 Å². The summed E-state index contributed by atoms with van der Waals surface area (Å²) in [5.41, 5.74) is 3.11. The minimum Gasteiger partial charge on any atom is -0.417 e. The summed E-state index contributed by atoms with van der Waals surface area (Å²) in [6, 6.07) is 4.84. The van der Waals surface area contributed by atoms with Gasteiger partial charge < -0.3 is 13.7 Å². The number of aryl methyl sites for hydroxylation is 1. The van der Waals surface area contributed by atoms with E-state index in [4.69, 9.17) is 14.0 Å². The summed E-state index contributed by atoms with van der Waals surface area (Å²) in [4.78, 5) is 18.4. The second kappa shape index (κ2) is 13.4. The van der Waals surface area contributed by atoms with Crippen LogP contribution >= 0.6 is 0 Å². The maximum absolute atomic E-state index is 15.0. The van der Waals surface area contributed by atoms with Gasteiger partial charge in [0, 0.05) is 49.9 Å². The highest BCUT2D eigenvalue weighted by Crippen LogP contribution is 2.42. The number of fused-ring (bicyclic) bond motifs is 1. The van der Waals surface area contributed by atoms with Crippen molar-refractivity contribution in [3.63, 3.8) is 0 Å². The molecule has 11 heteroatoms. The van der Waals surface area contributed by atoms with Crippen molar-refractivity contribution in [3.8, 4) is 23.7 Å². The van der Waals surface area contributed by atoms with Crippen molar-refractivity contribution in [1.82, 2.24) is 10.0 Å². The lowest BCUT2D eigenvalue weighted by Crippen LogP contribution is -2.51. The molecule has 0 bridgehead atoms. The highest BCUT2D eigenvalue weighted by Gasteiger charge is 2.44. The fourth-order valence-electron chi connectivity index (χ4n) is 4.70. The molecule has 0 spiro atoms. The first kappa shape index (κ1) is 34.2. The van der Waals surface area contributed by atoms with Crippen LogP contribution in [0.4, 0.5) is 4.39 Å². The van der Waals surface area contributed by atoms with Crippen molar-refractivity contribution in [1.29, 1.82) is 0 Å². The number of rotatable bonds is 10. The zero-order chi connectivity index (χ0) is 32.3. The van der Waals surface area contributed by atoms with Gasteiger partial charge in [0.15, 0.2) is 29.2 Å². The Kier molecular flexibility index (Phi) is 10.4. The second-order valence-corrected chi connectivity index (χ2v) is 20.9. The quantitative estimate of drug-likeness (QED) is 0.207. The molecule has 44 heavy (non-hydrogen) atoms. The molecular formula is C33H45FN2O6SSi. The van der Waals surface area contributed by atoms with Gasteiger partial charge in [-0.2, -0.15) is 0 Å². The molecule has 1 unspecified atom stereocenters. The van der Waals surface area contributed by atoms with Crippen LogP contribution in [-0.2, 0) is 35.2 Å². The Bertz CT molecular complexity index is 1600. The molecule has 8 nitrogen and oxygen atoms in total. The molecule has 1 N–H and O–H groups in total. The van der Waals surface area contributed by atoms with E-state index in [0.29, 0.717) is 24.5 Å². The zero-order valence-electron chi connectivity index (χ0n) is 26.9. The predicted molar refractivity (Wildman–Crippen MR) is 172 cm³/mol. The summed E-state index contributed by atoms with van der Waals surface area (Å²) in [5.74, 6) is 11.1. The Morgan fingerprint density at radius 3 is 2.61 bits per heavy atom. The summed E-state index contributed by atoms with van der Waals surface area (Å²) < 4.78 is 52.2. The molecule has 1 saturated heterocycles. The number of amides is 1. The molecule has 4 rings (SSSR count). The number of nitrogens with zero attached hydrogens (tertiary/aromatic N) is 1. The van der Waals surface area contributed by atoms with Crippen LogP contribution in [0, 0.1) is 41.3 Å². The molecule has 1 aromatic carbocycles. The van der Waals surface area contributed by atoms with Crippen molar-refractivity contribution in [2.75, 3.05) is 19.5 Å². The van der Waals surface area contributed by atoms with E-state index in [9.17, 15) is 13.2 Å². The van der Waals surface area contributed by atoms with Crippen molar-refractivity contribution in [3.05, 3.63) is 35.8 Å².